The SMILES string of the molecule is CCNC1CCCN(CC(C)(C)OCC)C1=O. The first-order valence-electron chi connectivity index (χ1n) is 6.66. The highest BCUT2D eigenvalue weighted by Crippen LogP contribution is 2.17. The van der Waals surface area contributed by atoms with Crippen LogP contribution in [-0.2, 0) is 9.53 Å². The Kier molecular flexibility index (Phi) is 5.40. The minimum absolute atomic E-state index is 0.00572. The maximum Gasteiger partial charge on any atom is 0.239 e. The molecule has 1 heterocycles. The number of ether oxygens (including phenoxy) is 1. The van der Waals surface area contributed by atoms with Gasteiger partial charge < -0.3 is 15.0 Å². The van der Waals surface area contributed by atoms with Crippen molar-refractivity contribution in [2.45, 2.75) is 52.2 Å². The van der Waals surface area contributed by atoms with Crippen molar-refractivity contribution in [2.24, 2.45) is 0 Å². The third kappa shape index (κ3) is 4.28. The first-order chi connectivity index (χ1) is 8.00. The Morgan fingerprint density at radius 3 is 2.76 bits per heavy atom. The van der Waals surface area contributed by atoms with Gasteiger partial charge in [0, 0.05) is 19.7 Å². The van der Waals surface area contributed by atoms with Gasteiger partial charge in [0.2, 0.25) is 5.91 Å². The molecule has 1 aliphatic heterocycles. The fourth-order valence-corrected chi connectivity index (χ4v) is 2.43. The first kappa shape index (κ1) is 14.5. The number of nitrogens with zero attached hydrogens (tertiary/aromatic N) is 1. The van der Waals surface area contributed by atoms with E-state index in [1.807, 2.05) is 32.6 Å². The normalized spacial score (nSPS) is 22.0. The summed E-state index contributed by atoms with van der Waals surface area (Å²) in [7, 11) is 0. The van der Waals surface area contributed by atoms with Crippen LogP contribution in [0.3, 0.4) is 0 Å². The molecule has 1 atom stereocenters. The average Bonchev–Trinajstić information content (AvgIpc) is 2.24. The van der Waals surface area contributed by atoms with E-state index in [0.717, 1.165) is 25.9 Å². The Morgan fingerprint density at radius 1 is 1.47 bits per heavy atom. The number of likely N-dealkylation sites (tertiary alicyclic amines) is 1. The molecule has 0 aliphatic carbocycles. The van der Waals surface area contributed by atoms with Gasteiger partial charge in [0.1, 0.15) is 0 Å². The summed E-state index contributed by atoms with van der Waals surface area (Å²) in [6, 6.07) is 0.00572. The maximum absolute atomic E-state index is 12.2. The largest absolute Gasteiger partial charge is 0.374 e. The molecule has 1 unspecified atom stereocenters. The number of piperidine rings is 1. The highest BCUT2D eigenvalue weighted by molar-refractivity contribution is 5.82. The number of amides is 1. The Balaban J connectivity index is 2.55. The van der Waals surface area contributed by atoms with E-state index < -0.39 is 0 Å². The zero-order valence-corrected chi connectivity index (χ0v) is 11.6. The van der Waals surface area contributed by atoms with Gasteiger partial charge in [-0.05, 0) is 40.2 Å². The molecule has 1 saturated heterocycles. The minimum Gasteiger partial charge on any atom is -0.374 e. The Bertz CT molecular complexity index is 252. The second-order valence-electron chi connectivity index (χ2n) is 5.20. The molecule has 1 amide bonds. The molecule has 1 rings (SSSR count). The van der Waals surface area contributed by atoms with Gasteiger partial charge in [-0.25, -0.2) is 0 Å². The van der Waals surface area contributed by atoms with E-state index in [-0.39, 0.29) is 17.6 Å². The zero-order chi connectivity index (χ0) is 12.9. The van der Waals surface area contributed by atoms with E-state index in [0.29, 0.717) is 13.2 Å². The van der Waals surface area contributed by atoms with Crippen molar-refractivity contribution < 1.29 is 9.53 Å². The van der Waals surface area contributed by atoms with Crippen LogP contribution in [-0.4, -0.2) is 48.7 Å². The Hall–Kier alpha value is -0.610. The third-order valence-electron chi connectivity index (χ3n) is 3.09. The molecule has 0 aromatic heterocycles. The third-order valence-corrected chi connectivity index (χ3v) is 3.09. The first-order valence-corrected chi connectivity index (χ1v) is 6.66. The van der Waals surface area contributed by atoms with Gasteiger partial charge in [0.25, 0.3) is 0 Å². The topological polar surface area (TPSA) is 41.6 Å². The molecule has 4 heteroatoms. The van der Waals surface area contributed by atoms with Crippen molar-refractivity contribution in [1.82, 2.24) is 10.2 Å². The molecule has 17 heavy (non-hydrogen) atoms. The standard InChI is InChI=1S/C13H26N2O2/c1-5-14-11-8-7-9-15(12(11)16)10-13(3,4)17-6-2/h11,14H,5-10H2,1-4H3. The molecular formula is C13H26N2O2. The lowest BCUT2D eigenvalue weighted by atomic mass is 10.0. The van der Waals surface area contributed by atoms with Crippen molar-refractivity contribution in [3.63, 3.8) is 0 Å². The second kappa shape index (κ2) is 6.36. The van der Waals surface area contributed by atoms with Crippen LogP contribution in [0.2, 0.25) is 0 Å². The van der Waals surface area contributed by atoms with Gasteiger partial charge in [-0.15, -0.1) is 0 Å². The van der Waals surface area contributed by atoms with Crippen LogP contribution in [0.4, 0.5) is 0 Å². The molecule has 0 saturated carbocycles. The number of hydrogen-bond donors (Lipinski definition) is 1. The molecule has 4 nitrogen and oxygen atoms in total. The molecule has 0 aromatic rings. The van der Waals surface area contributed by atoms with Crippen molar-refractivity contribution in [3.05, 3.63) is 0 Å². The van der Waals surface area contributed by atoms with Crippen LogP contribution in [0.25, 0.3) is 0 Å². The van der Waals surface area contributed by atoms with Crippen molar-refractivity contribution in [3.8, 4) is 0 Å². The minimum atomic E-state index is -0.251. The average molecular weight is 242 g/mol. The molecule has 1 N–H and O–H groups in total. The number of carbonyl (C=O) groups excluding carboxylic acids is 1. The summed E-state index contributed by atoms with van der Waals surface area (Å²) in [5, 5.41) is 3.25. The molecule has 0 aromatic carbocycles. The summed E-state index contributed by atoms with van der Waals surface area (Å²) in [4.78, 5) is 14.1. The summed E-state index contributed by atoms with van der Waals surface area (Å²) in [6.45, 7) is 11.2. The predicted molar refractivity (Wildman–Crippen MR) is 69.0 cm³/mol. The highest BCUT2D eigenvalue weighted by atomic mass is 16.5. The number of rotatable bonds is 6. The lowest BCUT2D eigenvalue weighted by Gasteiger charge is -2.37. The molecule has 0 spiro atoms. The predicted octanol–water partition coefficient (Wildman–Crippen LogP) is 1.40. The van der Waals surface area contributed by atoms with E-state index in [9.17, 15) is 4.79 Å². The van der Waals surface area contributed by atoms with Crippen LogP contribution in [0, 0.1) is 0 Å². The smallest absolute Gasteiger partial charge is 0.239 e. The Morgan fingerprint density at radius 2 is 2.18 bits per heavy atom. The monoisotopic (exact) mass is 242 g/mol. The molecule has 1 fully saturated rings. The van der Waals surface area contributed by atoms with Gasteiger partial charge in [0.15, 0.2) is 0 Å². The summed E-state index contributed by atoms with van der Waals surface area (Å²) in [5.41, 5.74) is -0.251. The van der Waals surface area contributed by atoms with Gasteiger partial charge in [-0.2, -0.15) is 0 Å². The molecule has 1 aliphatic rings. The lowest BCUT2D eigenvalue weighted by Crippen LogP contribution is -2.54. The number of likely N-dealkylation sites (N-methyl/N-ethyl adjacent to an activating group) is 1. The van der Waals surface area contributed by atoms with Crippen molar-refractivity contribution in [2.75, 3.05) is 26.2 Å². The second-order valence-corrected chi connectivity index (χ2v) is 5.20. The summed E-state index contributed by atoms with van der Waals surface area (Å²) >= 11 is 0. The van der Waals surface area contributed by atoms with Crippen molar-refractivity contribution >= 4 is 5.91 Å². The van der Waals surface area contributed by atoms with Crippen LogP contribution >= 0.6 is 0 Å². The number of hydrogen-bond acceptors (Lipinski definition) is 3. The van der Waals surface area contributed by atoms with Crippen LogP contribution < -0.4 is 5.32 Å². The van der Waals surface area contributed by atoms with Gasteiger partial charge in [-0.3, -0.25) is 4.79 Å². The van der Waals surface area contributed by atoms with Crippen LogP contribution in [0.1, 0.15) is 40.5 Å². The van der Waals surface area contributed by atoms with E-state index in [1.165, 1.54) is 0 Å². The summed E-state index contributed by atoms with van der Waals surface area (Å²) in [6.07, 6.45) is 2.03. The number of nitrogens with one attached hydrogen (secondary N) is 1. The molecule has 100 valence electrons. The maximum atomic E-state index is 12.2. The van der Waals surface area contributed by atoms with Gasteiger partial charge in [-0.1, -0.05) is 6.92 Å². The van der Waals surface area contributed by atoms with Gasteiger partial charge in [0.05, 0.1) is 11.6 Å². The van der Waals surface area contributed by atoms with Crippen LogP contribution in [0.15, 0.2) is 0 Å². The van der Waals surface area contributed by atoms with Crippen molar-refractivity contribution in [1.29, 1.82) is 0 Å². The molecule has 0 bridgehead atoms. The summed E-state index contributed by atoms with van der Waals surface area (Å²) in [5.74, 6) is 0.228. The van der Waals surface area contributed by atoms with E-state index in [4.69, 9.17) is 4.74 Å². The quantitative estimate of drug-likeness (QED) is 0.765. The Labute approximate surface area is 105 Å². The summed E-state index contributed by atoms with van der Waals surface area (Å²) < 4.78 is 5.66. The zero-order valence-electron chi connectivity index (χ0n) is 11.6. The fourth-order valence-electron chi connectivity index (χ4n) is 2.43. The number of carbonyl (C=O) groups is 1. The van der Waals surface area contributed by atoms with Gasteiger partial charge >= 0.3 is 0 Å². The highest BCUT2D eigenvalue weighted by Gasteiger charge is 2.32. The van der Waals surface area contributed by atoms with E-state index >= 15 is 0 Å². The van der Waals surface area contributed by atoms with E-state index in [2.05, 4.69) is 5.32 Å². The van der Waals surface area contributed by atoms with E-state index in [1.54, 1.807) is 0 Å². The molecule has 0 radical (unpaired) electrons. The lowest BCUT2D eigenvalue weighted by molar-refractivity contribution is -0.140. The fraction of sp³-hybridized carbons (Fsp3) is 0.923. The van der Waals surface area contributed by atoms with Crippen LogP contribution in [0.5, 0.6) is 0 Å². The molecular weight excluding hydrogens is 216 g/mol.